The van der Waals surface area contributed by atoms with Crippen LogP contribution in [0.25, 0.3) is 22.6 Å². The number of methoxy groups -OCH3 is 1. The molecule has 7 nitrogen and oxygen atoms in total. The van der Waals surface area contributed by atoms with Crippen LogP contribution in [-0.2, 0) is 0 Å². The first-order valence-electron chi connectivity index (χ1n) is 8.48. The van der Waals surface area contributed by atoms with Crippen LogP contribution in [0.4, 0.5) is 9.52 Å². The number of ether oxygens (including phenoxy) is 1. The lowest BCUT2D eigenvalue weighted by Crippen LogP contribution is -2.14. The molecule has 0 aliphatic heterocycles. The van der Waals surface area contributed by atoms with Gasteiger partial charge in [0.1, 0.15) is 11.5 Å². The molecule has 0 aliphatic carbocycles. The van der Waals surface area contributed by atoms with Gasteiger partial charge in [-0.3, -0.25) is 20.1 Å². The number of hydrogen-bond donors (Lipinski definition) is 1. The fraction of sp³-hybridized carbons (Fsp3) is 0.0500. The van der Waals surface area contributed by atoms with Gasteiger partial charge in [0, 0.05) is 29.4 Å². The molecule has 0 saturated carbocycles. The topological polar surface area (TPSA) is 89.9 Å². The minimum absolute atomic E-state index is 0.104. The standard InChI is InChI=1S/C20H14FN5O2S/c1-28-17-4-2-3-15(24-17)16-11-29-20(25-16)26-19(27)14-9-13(21)10-23-18(14)12-5-7-22-8-6-12/h2-11H,1H3,(H,25,26,27). The molecule has 0 radical (unpaired) electrons. The smallest absolute Gasteiger partial charge is 0.259 e. The Kier molecular flexibility index (Phi) is 5.21. The highest BCUT2D eigenvalue weighted by atomic mass is 32.1. The van der Waals surface area contributed by atoms with Gasteiger partial charge in [0.05, 0.1) is 30.3 Å². The van der Waals surface area contributed by atoms with Gasteiger partial charge in [-0.1, -0.05) is 6.07 Å². The summed E-state index contributed by atoms with van der Waals surface area (Å²) in [6.07, 6.45) is 4.23. The molecule has 0 saturated heterocycles. The molecule has 4 aromatic rings. The SMILES string of the molecule is COc1cccc(-c2csc(NC(=O)c3cc(F)cnc3-c3ccncc3)n2)n1. The maximum Gasteiger partial charge on any atom is 0.259 e. The van der Waals surface area contributed by atoms with Crippen molar-refractivity contribution in [2.24, 2.45) is 0 Å². The fourth-order valence-corrected chi connectivity index (χ4v) is 3.34. The van der Waals surface area contributed by atoms with Crippen molar-refractivity contribution in [3.8, 4) is 28.5 Å². The average molecular weight is 407 g/mol. The van der Waals surface area contributed by atoms with E-state index in [9.17, 15) is 9.18 Å². The summed E-state index contributed by atoms with van der Waals surface area (Å²) in [5, 5.41) is 4.83. The molecule has 4 rings (SSSR count). The highest BCUT2D eigenvalue weighted by molar-refractivity contribution is 7.14. The minimum atomic E-state index is -0.603. The maximum atomic E-state index is 13.8. The zero-order valence-corrected chi connectivity index (χ0v) is 16.0. The summed E-state index contributed by atoms with van der Waals surface area (Å²) in [6, 6.07) is 9.88. The number of aromatic nitrogens is 4. The molecule has 1 N–H and O–H groups in total. The maximum absolute atomic E-state index is 13.8. The second kappa shape index (κ2) is 8.11. The van der Waals surface area contributed by atoms with E-state index in [2.05, 4.69) is 25.3 Å². The highest BCUT2D eigenvalue weighted by Crippen LogP contribution is 2.27. The van der Waals surface area contributed by atoms with E-state index < -0.39 is 11.7 Å². The number of amides is 1. The zero-order valence-electron chi connectivity index (χ0n) is 15.2. The number of thiazole rings is 1. The lowest BCUT2D eigenvalue weighted by molar-refractivity contribution is 0.102. The molecule has 9 heteroatoms. The van der Waals surface area contributed by atoms with Crippen LogP contribution in [0.3, 0.4) is 0 Å². The van der Waals surface area contributed by atoms with Gasteiger partial charge in [-0.15, -0.1) is 11.3 Å². The van der Waals surface area contributed by atoms with Gasteiger partial charge in [-0.05, 0) is 24.3 Å². The van der Waals surface area contributed by atoms with Crippen molar-refractivity contribution in [3.05, 3.63) is 71.7 Å². The van der Waals surface area contributed by atoms with Gasteiger partial charge in [-0.2, -0.15) is 0 Å². The Bertz CT molecular complexity index is 1170. The van der Waals surface area contributed by atoms with Crippen LogP contribution in [-0.4, -0.2) is 33.0 Å². The lowest BCUT2D eigenvalue weighted by atomic mass is 10.1. The van der Waals surface area contributed by atoms with Gasteiger partial charge in [0.2, 0.25) is 5.88 Å². The summed E-state index contributed by atoms with van der Waals surface area (Å²) in [5.41, 5.74) is 2.33. The first-order chi connectivity index (χ1) is 14.1. The summed E-state index contributed by atoms with van der Waals surface area (Å²) < 4.78 is 18.9. The third kappa shape index (κ3) is 4.09. The summed E-state index contributed by atoms with van der Waals surface area (Å²) in [4.78, 5) is 29.5. The summed E-state index contributed by atoms with van der Waals surface area (Å²) >= 11 is 1.24. The van der Waals surface area contributed by atoms with Crippen LogP contribution in [0.5, 0.6) is 5.88 Å². The molecule has 0 aromatic carbocycles. The van der Waals surface area contributed by atoms with Gasteiger partial charge in [0.15, 0.2) is 5.13 Å². The molecule has 0 spiro atoms. The number of hydrogen-bond acceptors (Lipinski definition) is 7. The monoisotopic (exact) mass is 407 g/mol. The molecule has 144 valence electrons. The quantitative estimate of drug-likeness (QED) is 0.537. The number of nitrogens with zero attached hydrogens (tertiary/aromatic N) is 4. The van der Waals surface area contributed by atoms with E-state index in [4.69, 9.17) is 4.74 Å². The predicted molar refractivity (Wildman–Crippen MR) is 107 cm³/mol. The Hall–Kier alpha value is -3.72. The fourth-order valence-electron chi connectivity index (χ4n) is 2.64. The number of nitrogens with one attached hydrogen (secondary N) is 1. The number of carbonyl (C=O) groups excluding carboxylic acids is 1. The van der Waals surface area contributed by atoms with Gasteiger partial charge < -0.3 is 4.74 Å². The average Bonchev–Trinajstić information content (AvgIpc) is 3.23. The highest BCUT2D eigenvalue weighted by Gasteiger charge is 2.17. The van der Waals surface area contributed by atoms with Crippen LogP contribution in [0.2, 0.25) is 0 Å². The number of rotatable bonds is 5. The third-order valence-corrected chi connectivity index (χ3v) is 4.73. The zero-order chi connectivity index (χ0) is 20.2. The number of pyridine rings is 3. The Labute approximate surface area is 169 Å². The van der Waals surface area contributed by atoms with Crippen molar-refractivity contribution in [2.75, 3.05) is 12.4 Å². The van der Waals surface area contributed by atoms with E-state index in [0.717, 1.165) is 12.3 Å². The molecular weight excluding hydrogens is 393 g/mol. The van der Waals surface area contributed by atoms with E-state index in [1.54, 1.807) is 48.1 Å². The van der Waals surface area contributed by atoms with E-state index in [1.807, 2.05) is 0 Å². The van der Waals surface area contributed by atoms with Crippen LogP contribution >= 0.6 is 11.3 Å². The van der Waals surface area contributed by atoms with Gasteiger partial charge >= 0.3 is 0 Å². The molecule has 0 unspecified atom stereocenters. The number of halogens is 1. The Morgan fingerprint density at radius 3 is 2.76 bits per heavy atom. The number of carbonyl (C=O) groups is 1. The molecule has 4 aromatic heterocycles. The largest absolute Gasteiger partial charge is 0.481 e. The van der Waals surface area contributed by atoms with Crippen molar-refractivity contribution in [3.63, 3.8) is 0 Å². The molecule has 0 fully saturated rings. The van der Waals surface area contributed by atoms with Crippen LogP contribution in [0, 0.1) is 5.82 Å². The first kappa shape index (κ1) is 18.6. The summed E-state index contributed by atoms with van der Waals surface area (Å²) in [5.74, 6) is -0.648. The summed E-state index contributed by atoms with van der Waals surface area (Å²) in [7, 11) is 1.53. The predicted octanol–water partition coefficient (Wildman–Crippen LogP) is 4.06. The molecule has 4 heterocycles. The first-order valence-corrected chi connectivity index (χ1v) is 9.36. The molecule has 29 heavy (non-hydrogen) atoms. The van der Waals surface area contributed by atoms with Crippen molar-refractivity contribution >= 4 is 22.4 Å². The normalized spacial score (nSPS) is 10.6. The summed E-state index contributed by atoms with van der Waals surface area (Å²) in [6.45, 7) is 0. The van der Waals surface area contributed by atoms with E-state index >= 15 is 0 Å². The van der Waals surface area contributed by atoms with Crippen molar-refractivity contribution in [2.45, 2.75) is 0 Å². The van der Waals surface area contributed by atoms with Gasteiger partial charge in [0.25, 0.3) is 5.91 Å². The molecule has 0 aliphatic rings. The third-order valence-electron chi connectivity index (χ3n) is 3.97. The second-order valence-electron chi connectivity index (χ2n) is 5.84. The van der Waals surface area contributed by atoms with Crippen LogP contribution in [0.1, 0.15) is 10.4 Å². The van der Waals surface area contributed by atoms with E-state index in [-0.39, 0.29) is 5.56 Å². The van der Waals surface area contributed by atoms with Crippen LogP contribution in [0.15, 0.2) is 60.4 Å². The lowest BCUT2D eigenvalue weighted by Gasteiger charge is -2.08. The Morgan fingerprint density at radius 1 is 1.14 bits per heavy atom. The molecule has 0 bridgehead atoms. The van der Waals surface area contributed by atoms with Gasteiger partial charge in [-0.25, -0.2) is 14.4 Å². The molecule has 0 atom stereocenters. The molecule has 1 amide bonds. The van der Waals surface area contributed by atoms with Crippen molar-refractivity contribution in [1.29, 1.82) is 0 Å². The number of anilines is 1. The Balaban J connectivity index is 1.61. The van der Waals surface area contributed by atoms with Crippen molar-refractivity contribution in [1.82, 2.24) is 19.9 Å². The Morgan fingerprint density at radius 2 is 1.97 bits per heavy atom. The molecular formula is C20H14FN5O2S. The van der Waals surface area contributed by atoms with Crippen LogP contribution < -0.4 is 10.1 Å². The minimum Gasteiger partial charge on any atom is -0.481 e. The van der Waals surface area contributed by atoms with E-state index in [0.29, 0.717) is 33.7 Å². The second-order valence-corrected chi connectivity index (χ2v) is 6.70. The van der Waals surface area contributed by atoms with E-state index in [1.165, 1.54) is 18.4 Å². The van der Waals surface area contributed by atoms with Crippen molar-refractivity contribution < 1.29 is 13.9 Å².